The van der Waals surface area contributed by atoms with E-state index in [1.807, 2.05) is 32.9 Å². The van der Waals surface area contributed by atoms with Crippen molar-refractivity contribution >= 4 is 28.5 Å². The Morgan fingerprint density at radius 3 is 2.55 bits per heavy atom. The fourth-order valence-corrected chi connectivity index (χ4v) is 4.15. The zero-order valence-electron chi connectivity index (χ0n) is 19.1. The number of aromatic nitrogens is 2. The molecule has 1 N–H and O–H groups in total. The third kappa shape index (κ3) is 4.13. The highest BCUT2D eigenvalue weighted by Gasteiger charge is 2.38. The highest BCUT2D eigenvalue weighted by molar-refractivity contribution is 6.18. The van der Waals surface area contributed by atoms with Crippen molar-refractivity contribution in [1.82, 2.24) is 14.9 Å². The lowest BCUT2D eigenvalue weighted by Crippen LogP contribution is -2.37. The van der Waals surface area contributed by atoms with Gasteiger partial charge in [0.05, 0.1) is 28.4 Å². The summed E-state index contributed by atoms with van der Waals surface area (Å²) in [4.78, 5) is 35.7. The van der Waals surface area contributed by atoms with Crippen LogP contribution in [0.3, 0.4) is 0 Å². The number of carbonyl (C=O) groups excluding carboxylic acids is 2. The molecule has 172 valence electrons. The first-order chi connectivity index (χ1) is 15.5. The number of carbonyl (C=O) groups is 2. The summed E-state index contributed by atoms with van der Waals surface area (Å²) in [6.45, 7) is 9.42. The maximum Gasteiger partial charge on any atom is 0.342 e. The summed E-state index contributed by atoms with van der Waals surface area (Å²) >= 11 is 0. The SMILES string of the molecule is Cc1ccc2[nH]c3c(c2n1)C(C)(C)CN(C(=O)c1ccc(F)c(F)c1)C=C3C(=O)OC(C)C. The lowest BCUT2D eigenvalue weighted by Gasteiger charge is -2.29. The molecule has 1 amide bonds. The third-order valence-electron chi connectivity index (χ3n) is 5.57. The number of nitrogens with one attached hydrogen (secondary N) is 1. The molecule has 0 atom stereocenters. The van der Waals surface area contributed by atoms with E-state index in [4.69, 9.17) is 4.74 Å². The highest BCUT2D eigenvalue weighted by Crippen LogP contribution is 2.40. The van der Waals surface area contributed by atoms with Gasteiger partial charge in [-0.25, -0.2) is 13.6 Å². The molecule has 3 heterocycles. The summed E-state index contributed by atoms with van der Waals surface area (Å²) in [7, 11) is 0. The Morgan fingerprint density at radius 1 is 1.15 bits per heavy atom. The van der Waals surface area contributed by atoms with Crippen molar-refractivity contribution in [2.45, 2.75) is 46.1 Å². The summed E-state index contributed by atoms with van der Waals surface area (Å²) in [6.07, 6.45) is 1.04. The van der Waals surface area contributed by atoms with E-state index in [1.54, 1.807) is 13.8 Å². The van der Waals surface area contributed by atoms with E-state index in [-0.39, 0.29) is 23.8 Å². The van der Waals surface area contributed by atoms with E-state index >= 15 is 0 Å². The van der Waals surface area contributed by atoms with Crippen molar-refractivity contribution < 1.29 is 23.1 Å². The molecule has 1 aliphatic rings. The Balaban J connectivity index is 1.91. The predicted molar refractivity (Wildman–Crippen MR) is 120 cm³/mol. The molecule has 2 aromatic heterocycles. The van der Waals surface area contributed by atoms with Crippen LogP contribution in [0.15, 0.2) is 36.5 Å². The van der Waals surface area contributed by atoms with E-state index in [0.29, 0.717) is 11.2 Å². The average molecular weight is 453 g/mol. The van der Waals surface area contributed by atoms with Crippen LogP contribution in [0.4, 0.5) is 8.78 Å². The van der Waals surface area contributed by atoms with Crippen LogP contribution in [-0.2, 0) is 14.9 Å². The summed E-state index contributed by atoms with van der Waals surface area (Å²) in [5.74, 6) is -3.32. The number of hydrogen-bond acceptors (Lipinski definition) is 4. The molecule has 0 unspecified atom stereocenters. The van der Waals surface area contributed by atoms with Gasteiger partial charge >= 0.3 is 5.97 Å². The van der Waals surface area contributed by atoms with Crippen molar-refractivity contribution in [3.63, 3.8) is 0 Å². The van der Waals surface area contributed by atoms with Crippen molar-refractivity contribution in [2.24, 2.45) is 0 Å². The van der Waals surface area contributed by atoms with Gasteiger partial charge < -0.3 is 14.6 Å². The van der Waals surface area contributed by atoms with Gasteiger partial charge in [-0.15, -0.1) is 0 Å². The van der Waals surface area contributed by atoms with Gasteiger partial charge in [0.1, 0.15) is 0 Å². The predicted octanol–water partition coefficient (Wildman–Crippen LogP) is 4.88. The molecule has 0 radical (unpaired) electrons. The summed E-state index contributed by atoms with van der Waals surface area (Å²) < 4.78 is 32.7. The highest BCUT2D eigenvalue weighted by atomic mass is 19.2. The first kappa shape index (κ1) is 22.6. The van der Waals surface area contributed by atoms with Crippen LogP contribution >= 0.6 is 0 Å². The molecule has 0 spiro atoms. The molecular weight excluding hydrogens is 428 g/mol. The van der Waals surface area contributed by atoms with Crippen LogP contribution in [0.5, 0.6) is 0 Å². The second kappa shape index (κ2) is 8.10. The maximum absolute atomic E-state index is 13.8. The van der Waals surface area contributed by atoms with Crippen LogP contribution in [0.1, 0.15) is 55.0 Å². The number of aryl methyl sites for hydroxylation is 1. The second-order valence-corrected chi connectivity index (χ2v) is 9.17. The van der Waals surface area contributed by atoms with E-state index in [2.05, 4.69) is 9.97 Å². The number of halogens is 2. The van der Waals surface area contributed by atoms with Crippen LogP contribution in [0.25, 0.3) is 16.6 Å². The molecule has 3 aromatic rings. The summed E-state index contributed by atoms with van der Waals surface area (Å²) in [6, 6.07) is 6.76. The number of rotatable bonds is 3. The van der Waals surface area contributed by atoms with Gasteiger partial charge in [-0.05, 0) is 51.1 Å². The lowest BCUT2D eigenvalue weighted by atomic mass is 9.83. The van der Waals surface area contributed by atoms with Crippen LogP contribution in [-0.4, -0.2) is 39.4 Å². The van der Waals surface area contributed by atoms with Gasteiger partial charge in [0.2, 0.25) is 0 Å². The average Bonchev–Trinajstić information content (AvgIpc) is 3.05. The molecule has 0 bridgehead atoms. The zero-order chi connectivity index (χ0) is 24.1. The number of hydrogen-bond donors (Lipinski definition) is 1. The summed E-state index contributed by atoms with van der Waals surface area (Å²) in [5, 5.41) is 0. The Hall–Kier alpha value is -3.55. The molecule has 33 heavy (non-hydrogen) atoms. The number of nitrogens with zero attached hydrogens (tertiary/aromatic N) is 2. The van der Waals surface area contributed by atoms with Crippen LogP contribution in [0.2, 0.25) is 0 Å². The number of amides is 1. The Bertz CT molecular complexity index is 1310. The Labute approximate surface area is 190 Å². The number of aromatic amines is 1. The van der Waals surface area contributed by atoms with Gasteiger partial charge in [0, 0.05) is 35.0 Å². The third-order valence-corrected chi connectivity index (χ3v) is 5.57. The monoisotopic (exact) mass is 453 g/mol. The molecule has 8 heteroatoms. The normalized spacial score (nSPS) is 15.3. The van der Waals surface area contributed by atoms with Gasteiger partial charge in [-0.1, -0.05) is 13.8 Å². The standard InChI is InChI=1S/C25H25F2N3O3/c1-13(2)33-24(32)16-11-30(23(31)15-7-8-17(26)18(27)10-15)12-25(4,5)20-21(16)29-19-9-6-14(3)28-22(19)20/h6-11,13,29H,12H2,1-5H3. The minimum Gasteiger partial charge on any atom is -0.459 e. The zero-order valence-corrected chi connectivity index (χ0v) is 19.1. The molecule has 0 saturated heterocycles. The summed E-state index contributed by atoms with van der Waals surface area (Å²) in [5.41, 5.74) is 3.10. The molecule has 0 saturated carbocycles. The van der Waals surface area contributed by atoms with Crippen molar-refractivity contribution in [1.29, 1.82) is 0 Å². The Morgan fingerprint density at radius 2 is 1.88 bits per heavy atom. The number of H-pyrrole nitrogens is 1. The van der Waals surface area contributed by atoms with E-state index in [1.165, 1.54) is 17.2 Å². The molecular formula is C25H25F2N3O3. The fourth-order valence-electron chi connectivity index (χ4n) is 4.15. The van der Waals surface area contributed by atoms with Crippen molar-refractivity contribution in [3.8, 4) is 0 Å². The maximum atomic E-state index is 13.8. The number of esters is 1. The van der Waals surface area contributed by atoms with Crippen molar-refractivity contribution in [2.75, 3.05) is 6.54 Å². The second-order valence-electron chi connectivity index (χ2n) is 9.17. The van der Waals surface area contributed by atoms with Gasteiger partial charge in [-0.3, -0.25) is 9.78 Å². The van der Waals surface area contributed by atoms with Gasteiger partial charge in [0.15, 0.2) is 11.6 Å². The number of benzene rings is 1. The molecule has 0 fully saturated rings. The number of ether oxygens (including phenoxy) is 1. The molecule has 4 rings (SSSR count). The first-order valence-corrected chi connectivity index (χ1v) is 10.7. The molecule has 0 aliphatic carbocycles. The van der Waals surface area contributed by atoms with E-state index < -0.39 is 28.9 Å². The fraction of sp³-hybridized carbons (Fsp3) is 0.320. The first-order valence-electron chi connectivity index (χ1n) is 10.7. The minimum atomic E-state index is -1.12. The number of fused-ring (bicyclic) bond motifs is 3. The topological polar surface area (TPSA) is 75.3 Å². The largest absolute Gasteiger partial charge is 0.459 e. The number of pyridine rings is 1. The van der Waals surface area contributed by atoms with Crippen molar-refractivity contribution in [3.05, 3.63) is 70.7 Å². The molecule has 6 nitrogen and oxygen atoms in total. The molecule has 1 aliphatic heterocycles. The Kier molecular flexibility index (Phi) is 5.56. The molecule has 1 aromatic carbocycles. The van der Waals surface area contributed by atoms with Gasteiger partial charge in [-0.2, -0.15) is 0 Å². The quantitative estimate of drug-likeness (QED) is 0.574. The van der Waals surface area contributed by atoms with Gasteiger partial charge in [0.25, 0.3) is 5.91 Å². The van der Waals surface area contributed by atoms with E-state index in [0.717, 1.165) is 28.9 Å². The lowest BCUT2D eigenvalue weighted by molar-refractivity contribution is -0.140. The van der Waals surface area contributed by atoms with E-state index in [9.17, 15) is 18.4 Å². The van der Waals surface area contributed by atoms with Crippen LogP contribution < -0.4 is 0 Å². The minimum absolute atomic E-state index is 0.0260. The smallest absolute Gasteiger partial charge is 0.342 e. The van der Waals surface area contributed by atoms with Crippen LogP contribution in [0, 0.1) is 18.6 Å².